The lowest BCUT2D eigenvalue weighted by molar-refractivity contribution is 0.105. The topological polar surface area (TPSA) is 49.5 Å². The summed E-state index contributed by atoms with van der Waals surface area (Å²) in [5, 5.41) is 11.5. The van der Waals surface area contributed by atoms with Crippen molar-refractivity contribution in [3.8, 4) is 0 Å². The van der Waals surface area contributed by atoms with Gasteiger partial charge in [-0.1, -0.05) is 18.2 Å². The molecule has 0 spiro atoms. The fourth-order valence-corrected chi connectivity index (χ4v) is 2.71. The molecule has 0 bridgehead atoms. The van der Waals surface area contributed by atoms with E-state index in [9.17, 15) is 9.50 Å². The smallest absolute Gasteiger partial charge is 0.126 e. The minimum Gasteiger partial charge on any atom is -0.396 e. The van der Waals surface area contributed by atoms with E-state index in [2.05, 4.69) is 0 Å². The molecular weight excluding hydrogens is 231 g/mol. The number of aliphatic hydroxyl groups is 1. The maximum absolute atomic E-state index is 13.7. The van der Waals surface area contributed by atoms with Gasteiger partial charge in [-0.05, 0) is 42.7 Å². The summed E-state index contributed by atoms with van der Waals surface area (Å²) in [6.07, 6.45) is 3.25. The molecule has 1 saturated heterocycles. The maximum atomic E-state index is 13.7. The Hall–Kier alpha value is -0.970. The van der Waals surface area contributed by atoms with Crippen molar-refractivity contribution in [2.24, 2.45) is 11.3 Å². The van der Waals surface area contributed by atoms with E-state index in [0.717, 1.165) is 32.4 Å². The Morgan fingerprint density at radius 2 is 2.06 bits per heavy atom. The lowest BCUT2D eigenvalue weighted by Gasteiger charge is -2.30. The number of hydrazine groups is 1. The lowest BCUT2D eigenvalue weighted by atomic mass is 9.76. The van der Waals surface area contributed by atoms with Gasteiger partial charge in [-0.25, -0.2) is 9.40 Å². The standard InChI is InChI=1S/C14H21FN2O/c15-13-5-2-1-4-12(13)10-14(11-18)6-3-8-17(16)9-7-14/h1-2,4-5,18H,3,6-11,16H2. The van der Waals surface area contributed by atoms with Crippen LogP contribution in [-0.4, -0.2) is 29.8 Å². The molecule has 1 aromatic carbocycles. The van der Waals surface area contributed by atoms with E-state index in [4.69, 9.17) is 5.84 Å². The summed E-state index contributed by atoms with van der Waals surface area (Å²) in [5.74, 6) is 5.63. The zero-order chi connectivity index (χ0) is 13.0. The highest BCUT2D eigenvalue weighted by atomic mass is 19.1. The molecule has 0 aromatic heterocycles. The van der Waals surface area contributed by atoms with E-state index in [-0.39, 0.29) is 17.8 Å². The van der Waals surface area contributed by atoms with E-state index >= 15 is 0 Å². The molecular formula is C14H21FN2O. The van der Waals surface area contributed by atoms with Crippen molar-refractivity contribution in [3.63, 3.8) is 0 Å². The molecule has 0 amide bonds. The molecule has 3 nitrogen and oxygen atoms in total. The normalized spacial score (nSPS) is 25.9. The number of nitrogens with two attached hydrogens (primary N) is 1. The third-order valence-corrected chi connectivity index (χ3v) is 3.94. The second-order valence-electron chi connectivity index (χ2n) is 5.32. The number of rotatable bonds is 3. The number of halogens is 1. The molecule has 3 N–H and O–H groups in total. The molecule has 1 aliphatic heterocycles. The average Bonchev–Trinajstić information content (AvgIpc) is 2.56. The highest BCUT2D eigenvalue weighted by Crippen LogP contribution is 2.34. The average molecular weight is 252 g/mol. The van der Waals surface area contributed by atoms with Crippen LogP contribution in [0.5, 0.6) is 0 Å². The molecule has 1 atom stereocenters. The van der Waals surface area contributed by atoms with Gasteiger partial charge in [0.05, 0.1) is 0 Å². The molecule has 100 valence electrons. The third kappa shape index (κ3) is 3.07. The number of benzene rings is 1. The van der Waals surface area contributed by atoms with Gasteiger partial charge < -0.3 is 5.11 Å². The van der Waals surface area contributed by atoms with Gasteiger partial charge in [-0.15, -0.1) is 0 Å². The minimum absolute atomic E-state index is 0.0924. The Balaban J connectivity index is 2.15. The van der Waals surface area contributed by atoms with Crippen molar-refractivity contribution in [2.45, 2.75) is 25.7 Å². The SMILES string of the molecule is NN1CCCC(CO)(Cc2ccccc2F)CC1. The molecule has 0 radical (unpaired) electrons. The molecule has 4 heteroatoms. The molecule has 0 aliphatic carbocycles. The number of aliphatic hydroxyl groups excluding tert-OH is 1. The molecule has 1 heterocycles. The fraction of sp³-hybridized carbons (Fsp3) is 0.571. The molecule has 0 saturated carbocycles. The lowest BCUT2D eigenvalue weighted by Crippen LogP contribution is -2.34. The second kappa shape index (κ2) is 5.78. The van der Waals surface area contributed by atoms with Gasteiger partial charge >= 0.3 is 0 Å². The summed E-state index contributed by atoms with van der Waals surface area (Å²) in [5.41, 5.74) is 0.466. The Morgan fingerprint density at radius 3 is 2.78 bits per heavy atom. The fourth-order valence-electron chi connectivity index (χ4n) is 2.71. The monoisotopic (exact) mass is 252 g/mol. The van der Waals surface area contributed by atoms with Crippen molar-refractivity contribution in [3.05, 3.63) is 35.6 Å². The van der Waals surface area contributed by atoms with Gasteiger partial charge in [-0.3, -0.25) is 5.84 Å². The summed E-state index contributed by atoms with van der Waals surface area (Å²) in [4.78, 5) is 0. The highest BCUT2D eigenvalue weighted by molar-refractivity contribution is 5.19. The molecule has 1 fully saturated rings. The molecule has 1 unspecified atom stereocenters. The van der Waals surface area contributed by atoms with Crippen LogP contribution in [0.2, 0.25) is 0 Å². The summed E-state index contributed by atoms with van der Waals surface area (Å²) < 4.78 is 13.7. The predicted octanol–water partition coefficient (Wildman–Crippen LogP) is 1.71. The first kappa shape index (κ1) is 13.5. The van der Waals surface area contributed by atoms with Crippen molar-refractivity contribution < 1.29 is 9.50 Å². The first-order valence-corrected chi connectivity index (χ1v) is 6.49. The molecule has 1 aromatic rings. The van der Waals surface area contributed by atoms with Crippen molar-refractivity contribution in [1.29, 1.82) is 0 Å². The van der Waals surface area contributed by atoms with Crippen LogP contribution in [-0.2, 0) is 6.42 Å². The Morgan fingerprint density at radius 1 is 1.28 bits per heavy atom. The Labute approximate surface area is 107 Å². The summed E-state index contributed by atoms with van der Waals surface area (Å²) in [7, 11) is 0. The van der Waals surface area contributed by atoms with Gasteiger partial charge in [-0.2, -0.15) is 0 Å². The number of hydrogen-bond donors (Lipinski definition) is 2. The van der Waals surface area contributed by atoms with Gasteiger partial charge in [0.1, 0.15) is 5.82 Å². The zero-order valence-electron chi connectivity index (χ0n) is 10.6. The van der Waals surface area contributed by atoms with E-state index in [0.29, 0.717) is 12.0 Å². The van der Waals surface area contributed by atoms with E-state index in [1.807, 2.05) is 6.07 Å². The van der Waals surface area contributed by atoms with Crippen molar-refractivity contribution >= 4 is 0 Å². The second-order valence-corrected chi connectivity index (χ2v) is 5.32. The van der Waals surface area contributed by atoms with Crippen LogP contribution < -0.4 is 5.84 Å². The van der Waals surface area contributed by atoms with Crippen molar-refractivity contribution in [2.75, 3.05) is 19.7 Å². The molecule has 1 aliphatic rings. The van der Waals surface area contributed by atoms with Crippen LogP contribution >= 0.6 is 0 Å². The predicted molar refractivity (Wildman–Crippen MR) is 69.2 cm³/mol. The van der Waals surface area contributed by atoms with Crippen LogP contribution in [0.4, 0.5) is 4.39 Å². The van der Waals surface area contributed by atoms with Crippen LogP contribution in [0, 0.1) is 11.2 Å². The summed E-state index contributed by atoms with van der Waals surface area (Å²) in [6, 6.07) is 6.82. The molecule has 2 rings (SSSR count). The number of hydrogen-bond acceptors (Lipinski definition) is 3. The van der Waals surface area contributed by atoms with Gasteiger partial charge in [0.15, 0.2) is 0 Å². The minimum atomic E-state index is -0.226. The Bertz CT molecular complexity index is 399. The van der Waals surface area contributed by atoms with Crippen molar-refractivity contribution in [1.82, 2.24) is 5.01 Å². The largest absolute Gasteiger partial charge is 0.396 e. The summed E-state index contributed by atoms with van der Waals surface area (Å²) >= 11 is 0. The van der Waals surface area contributed by atoms with Crippen LogP contribution in [0.1, 0.15) is 24.8 Å². The third-order valence-electron chi connectivity index (χ3n) is 3.94. The first-order chi connectivity index (χ1) is 8.65. The van der Waals surface area contributed by atoms with Crippen LogP contribution in [0.3, 0.4) is 0 Å². The first-order valence-electron chi connectivity index (χ1n) is 6.49. The zero-order valence-corrected chi connectivity index (χ0v) is 10.6. The maximum Gasteiger partial charge on any atom is 0.126 e. The van der Waals surface area contributed by atoms with Gasteiger partial charge in [0.25, 0.3) is 0 Å². The highest BCUT2D eigenvalue weighted by Gasteiger charge is 2.32. The summed E-state index contributed by atoms with van der Waals surface area (Å²) in [6.45, 7) is 1.70. The van der Waals surface area contributed by atoms with E-state index in [1.165, 1.54) is 6.07 Å². The molecule has 18 heavy (non-hydrogen) atoms. The van der Waals surface area contributed by atoms with Gasteiger partial charge in [0, 0.05) is 19.7 Å². The Kier molecular flexibility index (Phi) is 4.32. The number of nitrogens with zero attached hydrogens (tertiary/aromatic N) is 1. The van der Waals surface area contributed by atoms with Gasteiger partial charge in [0.2, 0.25) is 0 Å². The van der Waals surface area contributed by atoms with E-state index in [1.54, 1.807) is 17.1 Å². The van der Waals surface area contributed by atoms with Crippen LogP contribution in [0.25, 0.3) is 0 Å². The van der Waals surface area contributed by atoms with Crippen LogP contribution in [0.15, 0.2) is 24.3 Å². The quantitative estimate of drug-likeness (QED) is 0.805. The van der Waals surface area contributed by atoms with E-state index < -0.39 is 0 Å².